The summed E-state index contributed by atoms with van der Waals surface area (Å²) in [6.45, 7) is 4.36. The Morgan fingerprint density at radius 3 is 2.74 bits per heavy atom. The number of nitrogens with zero attached hydrogens (tertiary/aromatic N) is 1. The van der Waals surface area contributed by atoms with Crippen molar-refractivity contribution in [3.63, 3.8) is 0 Å². The molecule has 218 valence electrons. The van der Waals surface area contributed by atoms with E-state index < -0.39 is 41.7 Å². The highest BCUT2D eigenvalue weighted by atomic mass is 16.5. The zero-order valence-electron chi connectivity index (χ0n) is 23.6. The number of para-hydroxylation sites is 1. The Labute approximate surface area is 242 Å². The Balaban J connectivity index is 1.44. The number of aromatic nitrogens is 1. The first-order valence-electron chi connectivity index (χ1n) is 14.3. The summed E-state index contributed by atoms with van der Waals surface area (Å²) >= 11 is 0. The first-order chi connectivity index (χ1) is 20.3. The molecule has 2 amide bonds. The second-order valence-corrected chi connectivity index (χ2v) is 11.5. The van der Waals surface area contributed by atoms with E-state index in [4.69, 9.17) is 18.6 Å². The number of hydrogen-bond donors (Lipinski definition) is 3. The van der Waals surface area contributed by atoms with E-state index in [-0.39, 0.29) is 35.6 Å². The van der Waals surface area contributed by atoms with E-state index in [0.717, 1.165) is 28.8 Å². The lowest BCUT2D eigenvalue weighted by Crippen LogP contribution is -2.51. The predicted molar refractivity (Wildman–Crippen MR) is 149 cm³/mol. The molecule has 1 saturated heterocycles. The number of fused-ring (bicyclic) bond motifs is 4. The molecule has 11 nitrogen and oxygen atoms in total. The molecule has 7 rings (SSSR count). The quantitative estimate of drug-likeness (QED) is 0.403. The molecule has 3 N–H and O–H groups in total. The van der Waals surface area contributed by atoms with Gasteiger partial charge in [-0.1, -0.05) is 44.2 Å². The van der Waals surface area contributed by atoms with Crippen LogP contribution in [0.25, 0.3) is 0 Å². The van der Waals surface area contributed by atoms with Crippen LogP contribution in [0.15, 0.2) is 46.9 Å². The van der Waals surface area contributed by atoms with Crippen LogP contribution < -0.4 is 20.7 Å². The second-order valence-electron chi connectivity index (χ2n) is 11.5. The van der Waals surface area contributed by atoms with Crippen molar-refractivity contribution in [3.05, 3.63) is 76.5 Å². The van der Waals surface area contributed by atoms with E-state index in [1.54, 1.807) is 0 Å². The molecule has 5 atom stereocenters. The summed E-state index contributed by atoms with van der Waals surface area (Å²) in [5.74, 6) is -0.473. The van der Waals surface area contributed by atoms with Crippen molar-refractivity contribution >= 4 is 23.5 Å². The van der Waals surface area contributed by atoms with E-state index >= 15 is 0 Å². The van der Waals surface area contributed by atoms with Crippen LogP contribution in [0.5, 0.6) is 5.75 Å². The lowest BCUT2D eigenvalue weighted by Gasteiger charge is -2.29. The zero-order chi connectivity index (χ0) is 29.2. The van der Waals surface area contributed by atoms with Crippen molar-refractivity contribution in [3.8, 4) is 5.75 Å². The fourth-order valence-electron chi connectivity index (χ4n) is 6.59. The fourth-order valence-corrected chi connectivity index (χ4v) is 6.59. The van der Waals surface area contributed by atoms with Crippen molar-refractivity contribution in [1.82, 2.24) is 15.6 Å². The van der Waals surface area contributed by atoms with Crippen LogP contribution in [0, 0.1) is 5.92 Å². The van der Waals surface area contributed by atoms with Crippen LogP contribution in [0.2, 0.25) is 0 Å². The maximum absolute atomic E-state index is 13.8. The van der Waals surface area contributed by atoms with Crippen molar-refractivity contribution in [2.24, 2.45) is 5.92 Å². The number of anilines is 1. The number of ether oxygens (including phenoxy) is 3. The molecular weight excluding hydrogens is 540 g/mol. The standard InChI is InChI=1S/C31H32N4O7/c1-15(2)23-28-35-24(29(38)39-3)25(42-28)31-17-7-4-5-8-19(17)33-30(31)41-21-11-10-16(13-18(21)31)14-20(26(36)34-23)32-27(37)22-9-6-12-40-22/h4-5,7-8,10-11,13,15,20,22-23,30,33H,6,9,12,14H2,1-3H3,(H,32,37)(H,34,36)/t20?,22-,23+,30?,31?/m1/s1. The molecule has 5 heterocycles. The van der Waals surface area contributed by atoms with Crippen LogP contribution in [-0.4, -0.2) is 54.9 Å². The van der Waals surface area contributed by atoms with Gasteiger partial charge in [0, 0.05) is 24.3 Å². The van der Waals surface area contributed by atoms with Gasteiger partial charge in [-0.15, -0.1) is 0 Å². The van der Waals surface area contributed by atoms with Gasteiger partial charge in [0.1, 0.15) is 29.4 Å². The Hall–Kier alpha value is -4.38. The molecule has 1 aromatic heterocycles. The number of carbonyl (C=O) groups excluding carboxylic acids is 3. The third-order valence-electron chi connectivity index (χ3n) is 8.65. The Morgan fingerprint density at radius 1 is 1.14 bits per heavy atom. The summed E-state index contributed by atoms with van der Waals surface area (Å²) in [6.07, 6.45) is 0.415. The molecule has 0 aliphatic carbocycles. The van der Waals surface area contributed by atoms with Gasteiger partial charge in [-0.3, -0.25) is 9.59 Å². The second kappa shape index (κ2) is 9.87. The highest BCUT2D eigenvalue weighted by Crippen LogP contribution is 2.58. The summed E-state index contributed by atoms with van der Waals surface area (Å²) in [5.41, 5.74) is 2.22. The van der Waals surface area contributed by atoms with Crippen LogP contribution in [0.3, 0.4) is 0 Å². The third kappa shape index (κ3) is 3.90. The minimum Gasteiger partial charge on any atom is -0.469 e. The molecule has 4 aliphatic rings. The van der Waals surface area contributed by atoms with Gasteiger partial charge in [0.15, 0.2) is 17.7 Å². The molecule has 1 fully saturated rings. The number of nitrogens with one attached hydrogen (secondary N) is 3. The minimum atomic E-state index is -1.07. The molecule has 1 spiro atoms. The van der Waals surface area contributed by atoms with Gasteiger partial charge >= 0.3 is 5.97 Å². The van der Waals surface area contributed by atoms with E-state index in [1.165, 1.54) is 7.11 Å². The van der Waals surface area contributed by atoms with Crippen LogP contribution in [0.1, 0.15) is 71.6 Å². The van der Waals surface area contributed by atoms with Crippen LogP contribution in [-0.2, 0) is 30.9 Å². The fraction of sp³-hybridized carbons (Fsp3) is 0.419. The molecule has 11 heteroatoms. The van der Waals surface area contributed by atoms with Gasteiger partial charge in [-0.05, 0) is 42.0 Å². The Kier molecular flexibility index (Phi) is 6.23. The third-order valence-corrected chi connectivity index (χ3v) is 8.65. The Morgan fingerprint density at radius 2 is 1.98 bits per heavy atom. The molecule has 42 heavy (non-hydrogen) atoms. The van der Waals surface area contributed by atoms with Gasteiger partial charge in [0.2, 0.25) is 17.7 Å². The summed E-state index contributed by atoms with van der Waals surface area (Å²) in [5, 5.41) is 9.43. The van der Waals surface area contributed by atoms with E-state index in [0.29, 0.717) is 18.8 Å². The van der Waals surface area contributed by atoms with Gasteiger partial charge in [-0.2, -0.15) is 0 Å². The van der Waals surface area contributed by atoms with E-state index in [9.17, 15) is 14.4 Å². The predicted octanol–water partition coefficient (Wildman–Crippen LogP) is 2.97. The molecule has 0 saturated carbocycles. The summed E-state index contributed by atoms with van der Waals surface area (Å²) in [6, 6.07) is 11.9. The molecular formula is C31H32N4O7. The lowest BCUT2D eigenvalue weighted by atomic mass is 9.72. The van der Waals surface area contributed by atoms with Gasteiger partial charge in [-0.25, -0.2) is 9.78 Å². The van der Waals surface area contributed by atoms with Crippen molar-refractivity contribution in [2.75, 3.05) is 19.0 Å². The number of esters is 1. The van der Waals surface area contributed by atoms with Crippen molar-refractivity contribution in [2.45, 2.75) is 62.9 Å². The number of methoxy groups -OCH3 is 1. The highest BCUT2D eigenvalue weighted by molar-refractivity contribution is 5.91. The molecule has 0 radical (unpaired) electrons. The summed E-state index contributed by atoms with van der Waals surface area (Å²) in [7, 11) is 1.30. The largest absolute Gasteiger partial charge is 0.469 e. The number of hydrogen-bond acceptors (Lipinski definition) is 9. The minimum absolute atomic E-state index is 0.0141. The van der Waals surface area contributed by atoms with Crippen LogP contribution in [0.4, 0.5) is 5.69 Å². The van der Waals surface area contributed by atoms with E-state index in [2.05, 4.69) is 20.9 Å². The molecule has 3 aromatic rings. The number of amides is 2. The smallest absolute Gasteiger partial charge is 0.360 e. The first kappa shape index (κ1) is 26.5. The van der Waals surface area contributed by atoms with Gasteiger partial charge in [0.05, 0.1) is 7.11 Å². The average Bonchev–Trinajstić information content (AvgIpc) is 3.77. The number of rotatable bonds is 4. The topological polar surface area (TPSA) is 141 Å². The van der Waals surface area contributed by atoms with Gasteiger partial charge < -0.3 is 34.6 Å². The van der Waals surface area contributed by atoms with Crippen LogP contribution >= 0.6 is 0 Å². The normalized spacial score (nSPS) is 27.1. The first-order valence-corrected chi connectivity index (χ1v) is 14.3. The molecule has 3 unspecified atom stereocenters. The molecule has 2 aromatic carbocycles. The SMILES string of the molecule is COC(=O)c1nc2oc1C13c4ccccc4NC1Oc1ccc(cc13)CC(NC(=O)[C@H]1CCCO1)C(=O)N[C@H]2C(C)C. The van der Waals surface area contributed by atoms with Gasteiger partial charge in [0.25, 0.3) is 0 Å². The molecule has 4 bridgehead atoms. The molecule has 4 aliphatic heterocycles. The lowest BCUT2D eigenvalue weighted by molar-refractivity contribution is -0.135. The maximum Gasteiger partial charge on any atom is 0.360 e. The Bertz CT molecular complexity index is 1590. The summed E-state index contributed by atoms with van der Waals surface area (Å²) in [4.78, 5) is 44.8. The monoisotopic (exact) mass is 572 g/mol. The van der Waals surface area contributed by atoms with Crippen molar-refractivity contribution < 1.29 is 33.0 Å². The zero-order valence-corrected chi connectivity index (χ0v) is 23.6. The number of oxazole rings is 1. The average molecular weight is 573 g/mol. The maximum atomic E-state index is 13.8. The number of carbonyl (C=O) groups is 3. The number of benzene rings is 2. The highest BCUT2D eigenvalue weighted by Gasteiger charge is 2.61. The van der Waals surface area contributed by atoms with E-state index in [1.807, 2.05) is 56.3 Å². The van der Waals surface area contributed by atoms with Crippen molar-refractivity contribution in [1.29, 1.82) is 0 Å². The summed E-state index contributed by atoms with van der Waals surface area (Å²) < 4.78 is 23.8.